The molecule has 0 spiro atoms. The van der Waals surface area contributed by atoms with E-state index in [-0.39, 0.29) is 24.8 Å². The summed E-state index contributed by atoms with van der Waals surface area (Å²) in [5, 5.41) is 0. The number of carbonyl (C=O) groups excluding carboxylic acids is 2. The van der Waals surface area contributed by atoms with Crippen LogP contribution in [0.25, 0.3) is 55.5 Å². The maximum Gasteiger partial charge on any atom is 0.305 e. The van der Waals surface area contributed by atoms with Crippen molar-refractivity contribution in [3.63, 3.8) is 0 Å². The van der Waals surface area contributed by atoms with Gasteiger partial charge in [-0.05, 0) is 134 Å². The van der Waals surface area contributed by atoms with E-state index in [1.54, 1.807) is 7.11 Å². The highest BCUT2D eigenvalue weighted by Crippen LogP contribution is 2.43. The number of nitrogens with one attached hydrogen (secondary N) is 2. The van der Waals surface area contributed by atoms with E-state index >= 15 is 0 Å². The molecule has 1 aromatic carbocycles. The van der Waals surface area contributed by atoms with Crippen molar-refractivity contribution in [2.75, 3.05) is 21.3 Å². The van der Waals surface area contributed by atoms with Crippen molar-refractivity contribution in [1.29, 1.82) is 0 Å². The molecule has 5 heterocycles. The van der Waals surface area contributed by atoms with E-state index in [1.807, 2.05) is 12.1 Å². The number of methoxy groups -OCH3 is 3. The van der Waals surface area contributed by atoms with Gasteiger partial charge in [0.1, 0.15) is 5.75 Å². The van der Waals surface area contributed by atoms with Gasteiger partial charge in [-0.15, -0.1) is 0 Å². The van der Waals surface area contributed by atoms with Crippen LogP contribution in [-0.2, 0) is 31.9 Å². The van der Waals surface area contributed by atoms with Gasteiger partial charge in [-0.25, -0.2) is 9.97 Å². The minimum Gasteiger partial charge on any atom is -0.497 e. The van der Waals surface area contributed by atoms with Gasteiger partial charge in [0.05, 0.1) is 44.1 Å². The van der Waals surface area contributed by atoms with Gasteiger partial charge in [0.2, 0.25) is 0 Å². The second kappa shape index (κ2) is 15.0. The molecule has 52 heavy (non-hydrogen) atoms. The number of ether oxygens (including phenoxy) is 3. The molecule has 0 atom stereocenters. The lowest BCUT2D eigenvalue weighted by atomic mass is 9.93. The topological polar surface area (TPSA) is 119 Å². The summed E-state index contributed by atoms with van der Waals surface area (Å²) in [5.74, 6) is 0.249. The Morgan fingerprint density at radius 2 is 1.08 bits per heavy atom. The predicted octanol–water partition coefficient (Wildman–Crippen LogP) is 9.50. The lowest BCUT2D eigenvalue weighted by Crippen LogP contribution is -2.02. The summed E-state index contributed by atoms with van der Waals surface area (Å²) in [7, 11) is 4.50. The van der Waals surface area contributed by atoms with Crippen molar-refractivity contribution < 1.29 is 23.8 Å². The SMILES string of the molecule is CCC1=C(C)c2nc1cc1[nH]c(cc3[nH]c(cc4nc(c2-c2ccc(OC)cc2)C(C)=C4CC)c(C)c3CCC(=O)OC)c(CCC(=O)OC)c1C. The molecule has 0 fully saturated rings. The van der Waals surface area contributed by atoms with E-state index in [4.69, 9.17) is 24.2 Å². The van der Waals surface area contributed by atoms with Crippen molar-refractivity contribution in [2.24, 2.45) is 0 Å². The molecule has 6 rings (SSSR count). The third kappa shape index (κ3) is 6.67. The Hall–Kier alpha value is -5.44. The lowest BCUT2D eigenvalue weighted by Gasteiger charge is -2.11. The molecule has 0 saturated carbocycles. The zero-order valence-electron chi connectivity index (χ0n) is 31.7. The van der Waals surface area contributed by atoms with Crippen LogP contribution < -0.4 is 4.74 Å². The summed E-state index contributed by atoms with van der Waals surface area (Å²) >= 11 is 0. The summed E-state index contributed by atoms with van der Waals surface area (Å²) in [6.45, 7) is 12.8. The summed E-state index contributed by atoms with van der Waals surface area (Å²) in [5.41, 5.74) is 17.9. The minimum atomic E-state index is -0.266. The zero-order chi connectivity index (χ0) is 37.3. The van der Waals surface area contributed by atoms with Crippen molar-refractivity contribution in [3.8, 4) is 16.9 Å². The van der Waals surface area contributed by atoms with Crippen LogP contribution in [0.3, 0.4) is 0 Å². The van der Waals surface area contributed by atoms with E-state index in [2.05, 4.69) is 81.8 Å². The molecule has 0 radical (unpaired) electrons. The van der Waals surface area contributed by atoms with Crippen molar-refractivity contribution in [1.82, 2.24) is 19.9 Å². The molecule has 0 aliphatic carbocycles. The fraction of sp³-hybridized carbons (Fsp3) is 0.349. The normalized spacial score (nSPS) is 12.8. The number of rotatable bonds is 10. The molecule has 3 aromatic heterocycles. The van der Waals surface area contributed by atoms with Crippen molar-refractivity contribution in [2.45, 2.75) is 80.1 Å². The molecule has 0 saturated heterocycles. The molecule has 2 N–H and O–H groups in total. The van der Waals surface area contributed by atoms with E-state index < -0.39 is 0 Å². The smallest absolute Gasteiger partial charge is 0.305 e. The van der Waals surface area contributed by atoms with Gasteiger partial charge in [0, 0.05) is 40.5 Å². The third-order valence-corrected chi connectivity index (χ3v) is 10.6. The molecule has 4 aromatic rings. The van der Waals surface area contributed by atoms with Crippen molar-refractivity contribution >= 4 is 56.3 Å². The van der Waals surface area contributed by atoms with Crippen LogP contribution in [0.5, 0.6) is 5.75 Å². The Bertz CT molecular complexity index is 2170. The first-order chi connectivity index (χ1) is 25.0. The quantitative estimate of drug-likeness (QED) is 0.158. The van der Waals surface area contributed by atoms with Gasteiger partial charge in [0.25, 0.3) is 0 Å². The van der Waals surface area contributed by atoms with E-state index in [0.717, 1.165) is 108 Å². The fourth-order valence-electron chi connectivity index (χ4n) is 7.59. The number of hydrogen-bond acceptors (Lipinski definition) is 7. The van der Waals surface area contributed by atoms with Gasteiger partial charge in [-0.1, -0.05) is 26.0 Å². The first-order valence-electron chi connectivity index (χ1n) is 18.0. The van der Waals surface area contributed by atoms with E-state index in [0.29, 0.717) is 12.8 Å². The number of H-pyrrole nitrogens is 2. The highest BCUT2D eigenvalue weighted by molar-refractivity contribution is 6.02. The van der Waals surface area contributed by atoms with Gasteiger partial charge in [0.15, 0.2) is 0 Å². The molecule has 8 bridgehead atoms. The van der Waals surface area contributed by atoms with Gasteiger partial charge >= 0.3 is 11.9 Å². The van der Waals surface area contributed by atoms with Crippen LogP contribution in [-0.4, -0.2) is 53.2 Å². The molecule has 0 amide bonds. The molecule has 9 heteroatoms. The zero-order valence-corrected chi connectivity index (χ0v) is 31.7. The maximum atomic E-state index is 12.4. The first kappa shape index (κ1) is 36.4. The van der Waals surface area contributed by atoms with Crippen LogP contribution >= 0.6 is 0 Å². The number of aromatic nitrogens is 4. The van der Waals surface area contributed by atoms with E-state index in [9.17, 15) is 9.59 Å². The van der Waals surface area contributed by atoms with Crippen molar-refractivity contribution in [3.05, 3.63) is 87.5 Å². The molecule has 9 nitrogen and oxygen atoms in total. The summed E-state index contributed by atoms with van der Waals surface area (Å²) in [6, 6.07) is 14.5. The van der Waals surface area contributed by atoms with Crippen LogP contribution in [0.15, 0.2) is 42.5 Å². The summed E-state index contributed by atoms with van der Waals surface area (Å²) in [4.78, 5) is 42.9. The van der Waals surface area contributed by atoms with Crippen LogP contribution in [0.1, 0.15) is 98.4 Å². The number of nitrogens with zero attached hydrogens (tertiary/aromatic N) is 2. The van der Waals surface area contributed by atoms with E-state index in [1.165, 1.54) is 25.4 Å². The second-order valence-electron chi connectivity index (χ2n) is 13.4. The number of esters is 2. The molecule has 2 aliphatic heterocycles. The van der Waals surface area contributed by atoms with Crippen LogP contribution in [0.4, 0.5) is 0 Å². The highest BCUT2D eigenvalue weighted by Gasteiger charge is 2.26. The second-order valence-corrected chi connectivity index (χ2v) is 13.4. The lowest BCUT2D eigenvalue weighted by molar-refractivity contribution is -0.141. The first-order valence-corrected chi connectivity index (χ1v) is 18.0. The Morgan fingerprint density at radius 1 is 0.635 bits per heavy atom. The molecule has 0 unspecified atom stereocenters. The van der Waals surface area contributed by atoms with Gasteiger partial charge in [-0.3, -0.25) is 9.59 Å². The molecular weight excluding hydrogens is 652 g/mol. The summed E-state index contributed by atoms with van der Waals surface area (Å²) in [6.07, 6.45) is 3.09. The monoisotopic (exact) mass is 700 g/mol. The molecular formula is C43H48N4O5. The maximum absolute atomic E-state index is 12.4. The largest absolute Gasteiger partial charge is 0.497 e. The third-order valence-electron chi connectivity index (χ3n) is 10.6. The van der Waals surface area contributed by atoms with Crippen LogP contribution in [0, 0.1) is 13.8 Å². The Labute approximate surface area is 305 Å². The Kier molecular flexibility index (Phi) is 10.5. The Balaban J connectivity index is 1.80. The average Bonchev–Trinajstić information content (AvgIpc) is 3.82. The van der Waals surface area contributed by atoms with Gasteiger partial charge in [-0.2, -0.15) is 0 Å². The number of carbonyl (C=O) groups is 2. The number of hydrogen-bond donors (Lipinski definition) is 2. The number of fused-ring (bicyclic) bond motifs is 8. The fourth-order valence-corrected chi connectivity index (χ4v) is 7.59. The molecule has 2 aliphatic rings. The van der Waals surface area contributed by atoms with Gasteiger partial charge < -0.3 is 24.2 Å². The number of aromatic amines is 2. The van der Waals surface area contributed by atoms with Crippen LogP contribution in [0.2, 0.25) is 0 Å². The summed E-state index contributed by atoms with van der Waals surface area (Å²) < 4.78 is 15.6. The number of benzene rings is 1. The minimum absolute atomic E-state index is 0.246. The molecule has 270 valence electrons. The average molecular weight is 701 g/mol. The number of allylic oxidation sites excluding steroid dienone is 4. The highest BCUT2D eigenvalue weighted by atomic mass is 16.5. The standard InChI is InChI=1S/C43H48N4O5/c1-10-29-25(5)42-41(27-12-14-28(50-7)15-13-27)43-26(6)30(11-2)36(47-43)21-34-24(4)32(17-19-40(49)52-9)38(45-34)22-37-31(16-18-39(48)51-8)23(3)33(44-37)20-35(29)46-42/h12-15,20-22,44-45H,10-11,16-19H2,1-9H3. The predicted molar refractivity (Wildman–Crippen MR) is 209 cm³/mol. The Morgan fingerprint density at radius 3 is 1.46 bits per heavy atom. The number of aryl methyl sites for hydroxylation is 4.